The largest absolute Gasteiger partial charge is 0.487 e. The Morgan fingerprint density at radius 1 is 1.12 bits per heavy atom. The van der Waals surface area contributed by atoms with Crippen molar-refractivity contribution >= 4 is 23.1 Å². The van der Waals surface area contributed by atoms with Gasteiger partial charge in [0.2, 0.25) is 0 Å². The van der Waals surface area contributed by atoms with E-state index in [0.29, 0.717) is 17.5 Å². The van der Waals surface area contributed by atoms with E-state index in [4.69, 9.17) is 14.7 Å². The fourth-order valence-electron chi connectivity index (χ4n) is 2.30. The third-order valence-corrected chi connectivity index (χ3v) is 3.56. The third-order valence-electron chi connectivity index (χ3n) is 3.56. The molecule has 3 aromatic rings. The summed E-state index contributed by atoms with van der Waals surface area (Å²) in [6.07, 6.45) is 0.683. The Balaban J connectivity index is 1.57. The highest BCUT2D eigenvalue weighted by Crippen LogP contribution is 2.17. The van der Waals surface area contributed by atoms with Gasteiger partial charge in [0.15, 0.2) is 6.21 Å². The lowest BCUT2D eigenvalue weighted by Crippen LogP contribution is -2.05. The number of carbonyl (C=O) groups excluding carboxylic acids is 1. The van der Waals surface area contributed by atoms with Crippen molar-refractivity contribution in [3.8, 4) is 5.75 Å². The van der Waals surface area contributed by atoms with Gasteiger partial charge >= 0.3 is 5.97 Å². The number of carbonyl (C=O) groups is 1. The molecule has 0 aliphatic heterocycles. The second-order valence-corrected chi connectivity index (χ2v) is 5.42. The third kappa shape index (κ3) is 4.54. The smallest absolute Gasteiger partial charge is 0.353 e. The highest BCUT2D eigenvalue weighted by Gasteiger charge is 2.03. The number of benzene rings is 2. The lowest BCUT2D eigenvalue weighted by molar-refractivity contribution is -0.136. The first-order valence-electron chi connectivity index (χ1n) is 7.75. The Kier molecular flexibility index (Phi) is 5.38. The first-order chi connectivity index (χ1) is 12.6. The molecule has 0 spiro atoms. The predicted molar refractivity (Wildman–Crippen MR) is 92.5 cm³/mol. The fourth-order valence-corrected chi connectivity index (χ4v) is 2.30. The van der Waals surface area contributed by atoms with Crippen LogP contribution in [0, 0.1) is 5.82 Å². The maximum absolute atomic E-state index is 13.2. The molecule has 0 saturated carbocycles. The van der Waals surface area contributed by atoms with Gasteiger partial charge in [-0.05, 0) is 42.0 Å². The quantitative estimate of drug-likeness (QED) is 0.317. The average molecular weight is 354 g/mol. The molecular formula is C19H15FN2O4. The number of hydrogen-bond acceptors (Lipinski definition) is 6. The molecule has 0 aliphatic carbocycles. The fraction of sp³-hybridized carbons (Fsp3) is 0.105. The Morgan fingerprint density at radius 2 is 1.92 bits per heavy atom. The SMILES string of the molecule is O=C(/C=N/O)OCc1ccc(OCc2ccc3cc(F)ccc3n2)cc1. The Morgan fingerprint density at radius 3 is 2.69 bits per heavy atom. The van der Waals surface area contributed by atoms with Gasteiger partial charge in [0, 0.05) is 5.39 Å². The molecule has 0 radical (unpaired) electrons. The van der Waals surface area contributed by atoms with E-state index in [-0.39, 0.29) is 19.0 Å². The summed E-state index contributed by atoms with van der Waals surface area (Å²) in [6.45, 7) is 0.336. The molecule has 7 heteroatoms. The first kappa shape index (κ1) is 17.3. The van der Waals surface area contributed by atoms with Crippen molar-refractivity contribution in [3.05, 3.63) is 71.7 Å². The molecule has 1 aromatic heterocycles. The minimum absolute atomic E-state index is 0.0634. The van der Waals surface area contributed by atoms with Crippen molar-refractivity contribution in [2.45, 2.75) is 13.2 Å². The lowest BCUT2D eigenvalue weighted by atomic mass is 10.2. The van der Waals surface area contributed by atoms with Crippen LogP contribution in [0.1, 0.15) is 11.3 Å². The summed E-state index contributed by atoms with van der Waals surface area (Å²) in [5.41, 5.74) is 2.20. The van der Waals surface area contributed by atoms with Crippen LogP contribution >= 0.6 is 0 Å². The summed E-state index contributed by atoms with van der Waals surface area (Å²) in [7, 11) is 0. The van der Waals surface area contributed by atoms with Gasteiger partial charge < -0.3 is 14.7 Å². The molecule has 0 saturated heterocycles. The highest BCUT2D eigenvalue weighted by molar-refractivity contribution is 6.22. The Labute approximate surface area is 148 Å². The molecule has 0 amide bonds. The summed E-state index contributed by atoms with van der Waals surface area (Å²) in [4.78, 5) is 15.5. The van der Waals surface area contributed by atoms with E-state index < -0.39 is 5.97 Å². The van der Waals surface area contributed by atoms with E-state index in [9.17, 15) is 9.18 Å². The molecule has 26 heavy (non-hydrogen) atoms. The summed E-state index contributed by atoms with van der Waals surface area (Å²) in [5.74, 6) is -0.384. The van der Waals surface area contributed by atoms with Crippen LogP contribution in [0.15, 0.2) is 59.8 Å². The van der Waals surface area contributed by atoms with Crippen LogP contribution in [-0.4, -0.2) is 22.4 Å². The molecular weight excluding hydrogens is 339 g/mol. The summed E-state index contributed by atoms with van der Waals surface area (Å²) >= 11 is 0. The molecule has 1 heterocycles. The molecule has 1 N–H and O–H groups in total. The molecule has 0 fully saturated rings. The van der Waals surface area contributed by atoms with E-state index in [1.165, 1.54) is 12.1 Å². The van der Waals surface area contributed by atoms with E-state index in [1.807, 2.05) is 0 Å². The number of rotatable bonds is 6. The number of fused-ring (bicyclic) bond motifs is 1. The number of nitrogens with zero attached hydrogens (tertiary/aromatic N) is 2. The van der Waals surface area contributed by atoms with Gasteiger partial charge in [0.05, 0.1) is 11.2 Å². The molecule has 0 bridgehead atoms. The van der Waals surface area contributed by atoms with Gasteiger partial charge in [-0.15, -0.1) is 0 Å². The van der Waals surface area contributed by atoms with Gasteiger partial charge in [-0.2, -0.15) is 0 Å². The van der Waals surface area contributed by atoms with Gasteiger partial charge in [-0.25, -0.2) is 14.2 Å². The van der Waals surface area contributed by atoms with Crippen LogP contribution in [0.2, 0.25) is 0 Å². The van der Waals surface area contributed by atoms with Crippen molar-refractivity contribution < 1.29 is 23.9 Å². The minimum atomic E-state index is -0.727. The molecule has 0 atom stereocenters. The first-order valence-corrected chi connectivity index (χ1v) is 7.75. The maximum Gasteiger partial charge on any atom is 0.353 e. The standard InChI is InChI=1S/C19H15FN2O4/c20-15-4-8-18-14(9-15)3-5-16(22-18)12-25-17-6-1-13(2-7-17)11-26-19(23)10-21-24/h1-10,24H,11-12H2/b21-10+. The highest BCUT2D eigenvalue weighted by atomic mass is 19.1. The summed E-state index contributed by atoms with van der Waals surface area (Å²) < 4.78 is 23.7. The number of esters is 1. The second kappa shape index (κ2) is 8.06. The van der Waals surface area contributed by atoms with Crippen LogP contribution in [0.5, 0.6) is 5.75 Å². The van der Waals surface area contributed by atoms with Crippen LogP contribution < -0.4 is 4.74 Å². The summed E-state index contributed by atoms with van der Waals surface area (Å²) in [6, 6.07) is 15.0. The molecule has 6 nitrogen and oxygen atoms in total. The number of pyridine rings is 1. The van der Waals surface area contributed by atoms with Gasteiger partial charge in [-0.3, -0.25) is 0 Å². The lowest BCUT2D eigenvalue weighted by Gasteiger charge is -2.08. The van der Waals surface area contributed by atoms with E-state index >= 15 is 0 Å². The van der Waals surface area contributed by atoms with Gasteiger partial charge in [0.25, 0.3) is 0 Å². The number of hydrogen-bond donors (Lipinski definition) is 1. The second-order valence-electron chi connectivity index (χ2n) is 5.42. The van der Waals surface area contributed by atoms with Crippen LogP contribution in [0.3, 0.4) is 0 Å². The van der Waals surface area contributed by atoms with Crippen molar-refractivity contribution in [2.75, 3.05) is 0 Å². The number of aromatic nitrogens is 1. The van der Waals surface area contributed by atoms with Crippen LogP contribution in [-0.2, 0) is 22.7 Å². The van der Waals surface area contributed by atoms with Gasteiger partial charge in [-0.1, -0.05) is 23.4 Å². The van der Waals surface area contributed by atoms with Gasteiger partial charge in [0.1, 0.15) is 24.8 Å². The number of halogens is 1. The molecule has 0 unspecified atom stereocenters. The molecule has 3 rings (SSSR count). The zero-order chi connectivity index (χ0) is 18.4. The zero-order valence-electron chi connectivity index (χ0n) is 13.6. The Bertz CT molecular complexity index is 942. The van der Waals surface area contributed by atoms with Crippen molar-refractivity contribution in [2.24, 2.45) is 5.16 Å². The number of oxime groups is 1. The summed E-state index contributed by atoms with van der Waals surface area (Å²) in [5, 5.41) is 11.6. The number of ether oxygens (including phenoxy) is 2. The van der Waals surface area contributed by atoms with Crippen molar-refractivity contribution in [3.63, 3.8) is 0 Å². The van der Waals surface area contributed by atoms with Crippen molar-refractivity contribution in [1.29, 1.82) is 0 Å². The Hall–Kier alpha value is -3.48. The van der Waals surface area contributed by atoms with Crippen molar-refractivity contribution in [1.82, 2.24) is 4.98 Å². The molecule has 132 valence electrons. The van der Waals surface area contributed by atoms with Crippen LogP contribution in [0.4, 0.5) is 4.39 Å². The van der Waals surface area contributed by atoms with Crippen LogP contribution in [0.25, 0.3) is 10.9 Å². The van der Waals surface area contributed by atoms with E-state index in [0.717, 1.165) is 16.6 Å². The van der Waals surface area contributed by atoms with E-state index in [1.54, 1.807) is 42.5 Å². The normalized spacial score (nSPS) is 11.0. The molecule has 2 aromatic carbocycles. The monoisotopic (exact) mass is 354 g/mol. The maximum atomic E-state index is 13.2. The predicted octanol–water partition coefficient (Wildman–Crippen LogP) is 3.46. The molecule has 0 aliphatic rings. The topological polar surface area (TPSA) is 81.0 Å². The minimum Gasteiger partial charge on any atom is -0.487 e. The zero-order valence-corrected chi connectivity index (χ0v) is 13.6. The average Bonchev–Trinajstić information content (AvgIpc) is 2.66. The van der Waals surface area contributed by atoms with E-state index in [2.05, 4.69) is 10.1 Å².